The summed E-state index contributed by atoms with van der Waals surface area (Å²) in [6.45, 7) is 1.41. The van der Waals surface area contributed by atoms with Gasteiger partial charge in [-0.2, -0.15) is 4.73 Å². The van der Waals surface area contributed by atoms with Crippen LogP contribution in [0.25, 0.3) is 0 Å². The van der Waals surface area contributed by atoms with Gasteiger partial charge in [-0.1, -0.05) is 18.2 Å². The van der Waals surface area contributed by atoms with Crippen molar-refractivity contribution in [3.8, 4) is 0 Å². The number of nitro benzene ring substituents is 1. The van der Waals surface area contributed by atoms with Crippen LogP contribution in [0.2, 0.25) is 0 Å². The predicted molar refractivity (Wildman–Crippen MR) is 103 cm³/mol. The fourth-order valence-corrected chi connectivity index (χ4v) is 2.60. The fourth-order valence-electron chi connectivity index (χ4n) is 2.60. The first-order valence-electron chi connectivity index (χ1n) is 8.51. The van der Waals surface area contributed by atoms with Gasteiger partial charge < -0.3 is 10.2 Å². The highest BCUT2D eigenvalue weighted by molar-refractivity contribution is 6.04. The summed E-state index contributed by atoms with van der Waals surface area (Å²) in [5, 5.41) is 13.4. The Hall–Kier alpha value is -4.01. The SMILES string of the molecule is Cc1cc([N+](=O)[O-])ccc1NC(=O)c1cccn(OCc2ccccc2F)c1=O. The van der Waals surface area contributed by atoms with Crippen molar-refractivity contribution in [1.29, 1.82) is 0 Å². The van der Waals surface area contributed by atoms with E-state index in [0.717, 1.165) is 4.73 Å². The smallest absolute Gasteiger partial charge is 0.295 e. The minimum Gasteiger partial charge on any atom is -0.406 e. The van der Waals surface area contributed by atoms with Crippen molar-refractivity contribution in [2.24, 2.45) is 0 Å². The molecule has 0 radical (unpaired) electrons. The van der Waals surface area contributed by atoms with Crippen LogP contribution in [0.3, 0.4) is 0 Å². The molecule has 29 heavy (non-hydrogen) atoms. The van der Waals surface area contributed by atoms with E-state index in [-0.39, 0.29) is 23.4 Å². The molecule has 9 heteroatoms. The van der Waals surface area contributed by atoms with Crippen LogP contribution in [0.5, 0.6) is 0 Å². The largest absolute Gasteiger partial charge is 0.406 e. The van der Waals surface area contributed by atoms with E-state index in [0.29, 0.717) is 11.3 Å². The van der Waals surface area contributed by atoms with E-state index in [1.54, 1.807) is 13.0 Å². The second-order valence-electron chi connectivity index (χ2n) is 6.13. The third-order valence-corrected chi connectivity index (χ3v) is 4.15. The number of rotatable bonds is 6. The average Bonchev–Trinajstić information content (AvgIpc) is 2.69. The number of pyridine rings is 1. The molecule has 1 N–H and O–H groups in total. The van der Waals surface area contributed by atoms with Crippen molar-refractivity contribution in [2.75, 3.05) is 5.32 Å². The number of non-ortho nitro benzene ring substituents is 1. The molecule has 0 saturated carbocycles. The van der Waals surface area contributed by atoms with E-state index in [1.165, 1.54) is 54.7 Å². The van der Waals surface area contributed by atoms with Crippen LogP contribution in [0.4, 0.5) is 15.8 Å². The lowest BCUT2D eigenvalue weighted by Crippen LogP contribution is -2.32. The van der Waals surface area contributed by atoms with Gasteiger partial charge in [0, 0.05) is 29.6 Å². The number of amides is 1. The van der Waals surface area contributed by atoms with Crippen LogP contribution in [0, 0.1) is 22.9 Å². The maximum Gasteiger partial charge on any atom is 0.295 e. The monoisotopic (exact) mass is 397 g/mol. The van der Waals surface area contributed by atoms with Crippen LogP contribution in [-0.4, -0.2) is 15.6 Å². The van der Waals surface area contributed by atoms with Gasteiger partial charge >= 0.3 is 0 Å². The van der Waals surface area contributed by atoms with Crippen LogP contribution in [0.15, 0.2) is 65.6 Å². The molecule has 1 aromatic heterocycles. The molecule has 0 unspecified atom stereocenters. The van der Waals surface area contributed by atoms with Crippen LogP contribution < -0.4 is 15.7 Å². The Morgan fingerprint density at radius 3 is 2.66 bits per heavy atom. The first kappa shape index (κ1) is 19.7. The van der Waals surface area contributed by atoms with E-state index in [4.69, 9.17) is 4.84 Å². The van der Waals surface area contributed by atoms with Crippen molar-refractivity contribution in [2.45, 2.75) is 13.5 Å². The van der Waals surface area contributed by atoms with Gasteiger partial charge in [-0.15, -0.1) is 0 Å². The number of nitro groups is 1. The molecule has 0 fully saturated rings. The number of aryl methyl sites for hydroxylation is 1. The van der Waals surface area contributed by atoms with E-state index < -0.39 is 22.2 Å². The summed E-state index contributed by atoms with van der Waals surface area (Å²) in [6, 6.07) is 12.7. The zero-order valence-electron chi connectivity index (χ0n) is 15.3. The first-order valence-corrected chi connectivity index (χ1v) is 8.51. The normalized spacial score (nSPS) is 10.4. The first-order chi connectivity index (χ1) is 13.9. The van der Waals surface area contributed by atoms with E-state index in [1.807, 2.05) is 0 Å². The zero-order chi connectivity index (χ0) is 21.0. The van der Waals surface area contributed by atoms with Crippen molar-refractivity contribution in [3.63, 3.8) is 0 Å². The van der Waals surface area contributed by atoms with E-state index >= 15 is 0 Å². The molecule has 3 aromatic rings. The number of benzene rings is 2. The summed E-state index contributed by atoms with van der Waals surface area (Å²) in [5.74, 6) is -1.17. The minimum absolute atomic E-state index is 0.107. The highest BCUT2D eigenvalue weighted by atomic mass is 19.1. The molecule has 1 amide bonds. The van der Waals surface area contributed by atoms with Crippen LogP contribution >= 0.6 is 0 Å². The number of anilines is 1. The number of nitrogens with one attached hydrogen (secondary N) is 1. The van der Waals surface area contributed by atoms with Crippen LogP contribution in [0.1, 0.15) is 21.5 Å². The molecular weight excluding hydrogens is 381 g/mol. The predicted octanol–water partition coefficient (Wildman–Crippen LogP) is 3.09. The topological polar surface area (TPSA) is 103 Å². The Balaban J connectivity index is 1.78. The quantitative estimate of drug-likeness (QED) is 0.509. The molecule has 3 rings (SSSR count). The summed E-state index contributed by atoms with van der Waals surface area (Å²) in [6.07, 6.45) is 1.32. The number of hydrogen-bond donors (Lipinski definition) is 1. The van der Waals surface area contributed by atoms with Crippen LogP contribution in [-0.2, 0) is 6.61 Å². The third-order valence-electron chi connectivity index (χ3n) is 4.15. The Morgan fingerprint density at radius 1 is 1.21 bits per heavy atom. The van der Waals surface area contributed by atoms with Gasteiger partial charge in [0.1, 0.15) is 18.0 Å². The maximum absolute atomic E-state index is 13.7. The molecule has 8 nitrogen and oxygen atoms in total. The molecule has 0 atom stereocenters. The van der Waals surface area contributed by atoms with Gasteiger partial charge in [0.05, 0.1) is 4.92 Å². The lowest BCUT2D eigenvalue weighted by Gasteiger charge is -2.11. The summed E-state index contributed by atoms with van der Waals surface area (Å²) in [4.78, 5) is 40.6. The average molecular weight is 397 g/mol. The minimum atomic E-state index is -0.721. The molecule has 2 aromatic carbocycles. The van der Waals surface area contributed by atoms with Crippen molar-refractivity contribution >= 4 is 17.3 Å². The van der Waals surface area contributed by atoms with E-state index in [9.17, 15) is 24.1 Å². The number of carbonyl (C=O) groups excluding carboxylic acids is 1. The molecule has 0 aliphatic rings. The lowest BCUT2D eigenvalue weighted by molar-refractivity contribution is -0.384. The summed E-state index contributed by atoms with van der Waals surface area (Å²) in [7, 11) is 0. The van der Waals surface area contributed by atoms with Gasteiger partial charge in [0.15, 0.2) is 0 Å². The Kier molecular flexibility index (Phi) is 5.68. The zero-order valence-corrected chi connectivity index (χ0v) is 15.3. The van der Waals surface area contributed by atoms with Gasteiger partial charge in [0.2, 0.25) is 0 Å². The lowest BCUT2D eigenvalue weighted by atomic mass is 10.1. The maximum atomic E-state index is 13.7. The number of aromatic nitrogens is 1. The van der Waals surface area contributed by atoms with Gasteiger partial charge in [-0.25, -0.2) is 4.39 Å². The van der Waals surface area contributed by atoms with Gasteiger partial charge in [-0.3, -0.25) is 19.7 Å². The Morgan fingerprint density at radius 2 is 1.97 bits per heavy atom. The number of carbonyl (C=O) groups is 1. The summed E-state index contributed by atoms with van der Waals surface area (Å²) >= 11 is 0. The number of nitrogens with zero attached hydrogens (tertiary/aromatic N) is 2. The molecule has 0 aliphatic carbocycles. The van der Waals surface area contributed by atoms with Crippen molar-refractivity contribution in [3.05, 3.63) is 104 Å². The molecule has 0 bridgehead atoms. The highest BCUT2D eigenvalue weighted by Crippen LogP contribution is 2.21. The fraction of sp³-hybridized carbons (Fsp3) is 0.100. The van der Waals surface area contributed by atoms with E-state index in [2.05, 4.69) is 5.32 Å². The van der Waals surface area contributed by atoms with Crippen molar-refractivity contribution < 1.29 is 18.9 Å². The summed E-state index contributed by atoms with van der Waals surface area (Å²) < 4.78 is 14.5. The standard InChI is InChI=1S/C20H16FN3O5/c1-13-11-15(24(27)28)8-9-18(13)22-19(25)16-6-4-10-23(20(16)26)29-12-14-5-2-3-7-17(14)21/h2-11H,12H2,1H3,(H,22,25). The number of halogens is 1. The Bertz CT molecular complexity index is 1140. The number of hydrogen-bond acceptors (Lipinski definition) is 5. The van der Waals surface area contributed by atoms with Gasteiger partial charge in [0.25, 0.3) is 17.2 Å². The Labute approximate surface area is 164 Å². The second kappa shape index (κ2) is 8.34. The molecule has 0 aliphatic heterocycles. The van der Waals surface area contributed by atoms with Gasteiger partial charge in [-0.05, 0) is 36.8 Å². The highest BCUT2D eigenvalue weighted by Gasteiger charge is 2.16. The van der Waals surface area contributed by atoms with Crippen molar-refractivity contribution in [1.82, 2.24) is 4.73 Å². The molecule has 1 heterocycles. The molecular formula is C20H16FN3O5. The summed E-state index contributed by atoms with van der Waals surface area (Å²) in [5.41, 5.74) is 0.0434. The second-order valence-corrected chi connectivity index (χ2v) is 6.13. The molecule has 148 valence electrons. The molecule has 0 saturated heterocycles. The molecule has 0 spiro atoms. The third kappa shape index (κ3) is 4.46.